The highest BCUT2D eigenvalue weighted by Gasteiger charge is 1.98. The fourth-order valence-electron chi connectivity index (χ4n) is 1.89. The Bertz CT molecular complexity index is 545. The third-order valence-corrected chi connectivity index (χ3v) is 3.55. The minimum absolute atomic E-state index is 0.631. The summed E-state index contributed by atoms with van der Waals surface area (Å²) in [4.78, 5) is 0. The van der Waals surface area contributed by atoms with Crippen LogP contribution in [-0.4, -0.2) is 12.4 Å². The van der Waals surface area contributed by atoms with E-state index in [4.69, 9.17) is 10.00 Å². The van der Waals surface area contributed by atoms with E-state index in [9.17, 15) is 0 Å². The van der Waals surface area contributed by atoms with Gasteiger partial charge in [0, 0.05) is 12.4 Å². The smallest absolute Gasteiger partial charge is 0.133 e. The van der Waals surface area contributed by atoms with Crippen LogP contribution < -0.4 is 0 Å². The number of benzene rings is 2. The van der Waals surface area contributed by atoms with Crippen LogP contribution >= 0.6 is 11.8 Å². The van der Waals surface area contributed by atoms with Gasteiger partial charge in [0.1, 0.15) is 5.40 Å². The summed E-state index contributed by atoms with van der Waals surface area (Å²) in [7, 11) is 0. The largest absolute Gasteiger partial charge is 0.377 e. The van der Waals surface area contributed by atoms with Crippen LogP contribution in [0.3, 0.4) is 0 Å². The van der Waals surface area contributed by atoms with Gasteiger partial charge >= 0.3 is 0 Å². The summed E-state index contributed by atoms with van der Waals surface area (Å²) >= 11 is 1.28. The van der Waals surface area contributed by atoms with Crippen molar-refractivity contribution in [1.29, 1.82) is 5.26 Å². The number of thiocyanates is 1. The molecular formula is C17H17NOS. The minimum Gasteiger partial charge on any atom is -0.377 e. The second-order valence-corrected chi connectivity index (χ2v) is 5.29. The molecule has 0 N–H and O–H groups in total. The first-order chi connectivity index (χ1) is 9.90. The Labute approximate surface area is 124 Å². The Morgan fingerprint density at radius 3 is 2.35 bits per heavy atom. The van der Waals surface area contributed by atoms with Crippen LogP contribution in [0.2, 0.25) is 0 Å². The first kappa shape index (κ1) is 14.6. The predicted octanol–water partition coefficient (Wildman–Crippen LogP) is 4.47. The Morgan fingerprint density at radius 2 is 1.65 bits per heavy atom. The molecule has 3 heteroatoms. The van der Waals surface area contributed by atoms with Crippen LogP contribution in [0, 0.1) is 10.7 Å². The molecule has 0 aliphatic heterocycles. The summed E-state index contributed by atoms with van der Waals surface area (Å²) < 4.78 is 5.59. The van der Waals surface area contributed by atoms with Crippen LogP contribution in [0.15, 0.2) is 54.6 Å². The van der Waals surface area contributed by atoms with Gasteiger partial charge in [-0.25, -0.2) is 0 Å². The molecule has 0 saturated carbocycles. The predicted molar refractivity (Wildman–Crippen MR) is 84.2 cm³/mol. The normalized spacial score (nSPS) is 10.2. The number of nitrogens with zero attached hydrogens (tertiary/aromatic N) is 1. The van der Waals surface area contributed by atoms with Crippen molar-refractivity contribution in [1.82, 2.24) is 0 Å². The maximum absolute atomic E-state index is 8.39. The van der Waals surface area contributed by atoms with E-state index in [-0.39, 0.29) is 0 Å². The van der Waals surface area contributed by atoms with Crippen molar-refractivity contribution in [3.8, 4) is 16.5 Å². The molecule has 2 rings (SSSR count). The second kappa shape index (κ2) is 8.42. The summed E-state index contributed by atoms with van der Waals surface area (Å²) in [6, 6.07) is 18.8. The first-order valence-electron chi connectivity index (χ1n) is 6.63. The summed E-state index contributed by atoms with van der Waals surface area (Å²) in [6.07, 6.45) is 0.917. The van der Waals surface area contributed by atoms with Gasteiger partial charge in [0.2, 0.25) is 0 Å². The lowest BCUT2D eigenvalue weighted by Gasteiger charge is -2.05. The standard InChI is InChI=1S/C17H17NOS/c18-14-20-12-4-11-19-13-15-7-9-17(10-8-15)16-5-2-1-3-6-16/h1-3,5-10H,4,11-13H2. The van der Waals surface area contributed by atoms with Crippen LogP contribution in [0.25, 0.3) is 11.1 Å². The monoisotopic (exact) mass is 283 g/mol. The molecule has 0 aliphatic rings. The molecule has 20 heavy (non-hydrogen) atoms. The van der Waals surface area contributed by atoms with E-state index in [2.05, 4.69) is 41.8 Å². The second-order valence-electron chi connectivity index (χ2n) is 4.41. The van der Waals surface area contributed by atoms with Crippen molar-refractivity contribution in [2.45, 2.75) is 13.0 Å². The van der Waals surface area contributed by atoms with E-state index in [1.54, 1.807) is 0 Å². The molecule has 0 heterocycles. The van der Waals surface area contributed by atoms with E-state index in [0.29, 0.717) is 13.2 Å². The van der Waals surface area contributed by atoms with Crippen molar-refractivity contribution in [2.24, 2.45) is 0 Å². The molecule has 0 fully saturated rings. The average Bonchev–Trinajstić information content (AvgIpc) is 2.52. The zero-order valence-electron chi connectivity index (χ0n) is 11.3. The third-order valence-electron chi connectivity index (χ3n) is 2.93. The molecule has 0 bridgehead atoms. The molecule has 0 unspecified atom stereocenters. The number of thioether (sulfide) groups is 1. The number of hydrogen-bond acceptors (Lipinski definition) is 3. The highest BCUT2D eigenvalue weighted by molar-refractivity contribution is 8.03. The zero-order chi connectivity index (χ0) is 14.0. The van der Waals surface area contributed by atoms with E-state index >= 15 is 0 Å². The lowest BCUT2D eigenvalue weighted by molar-refractivity contribution is 0.122. The quantitative estimate of drug-likeness (QED) is 0.555. The Morgan fingerprint density at radius 1 is 0.950 bits per heavy atom. The van der Waals surface area contributed by atoms with Gasteiger partial charge in [-0.2, -0.15) is 5.26 Å². The number of rotatable bonds is 7. The lowest BCUT2D eigenvalue weighted by Crippen LogP contribution is -1.96. The summed E-state index contributed by atoms with van der Waals surface area (Å²) in [5.41, 5.74) is 3.63. The highest BCUT2D eigenvalue weighted by Crippen LogP contribution is 2.19. The van der Waals surface area contributed by atoms with Crippen LogP contribution in [0.5, 0.6) is 0 Å². The van der Waals surface area contributed by atoms with E-state index in [1.807, 2.05) is 18.2 Å². The summed E-state index contributed by atoms with van der Waals surface area (Å²) in [5, 5.41) is 10.5. The van der Waals surface area contributed by atoms with Crippen molar-refractivity contribution in [3.63, 3.8) is 0 Å². The molecule has 0 aromatic heterocycles. The van der Waals surface area contributed by atoms with Crippen LogP contribution in [0.4, 0.5) is 0 Å². The first-order valence-corrected chi connectivity index (χ1v) is 7.61. The fourth-order valence-corrected chi connectivity index (χ4v) is 2.25. The van der Waals surface area contributed by atoms with E-state index in [0.717, 1.165) is 12.2 Å². The van der Waals surface area contributed by atoms with Gasteiger partial charge < -0.3 is 4.74 Å². The van der Waals surface area contributed by atoms with E-state index in [1.165, 1.54) is 28.5 Å². The molecule has 102 valence electrons. The maximum Gasteiger partial charge on any atom is 0.133 e. The molecule has 0 aliphatic carbocycles. The van der Waals surface area contributed by atoms with Gasteiger partial charge in [0.05, 0.1) is 6.61 Å². The number of ether oxygens (including phenoxy) is 1. The molecule has 0 amide bonds. The van der Waals surface area contributed by atoms with Crippen LogP contribution in [-0.2, 0) is 11.3 Å². The Kier molecular flexibility index (Phi) is 6.16. The highest BCUT2D eigenvalue weighted by atomic mass is 32.2. The van der Waals surface area contributed by atoms with Gasteiger partial charge in [-0.05, 0) is 34.9 Å². The van der Waals surface area contributed by atoms with E-state index < -0.39 is 0 Å². The SMILES string of the molecule is N#CSCCCOCc1ccc(-c2ccccc2)cc1. The topological polar surface area (TPSA) is 33.0 Å². The van der Waals surface area contributed by atoms with Crippen LogP contribution in [0.1, 0.15) is 12.0 Å². The minimum atomic E-state index is 0.631. The Hall–Kier alpha value is -1.76. The summed E-state index contributed by atoms with van der Waals surface area (Å²) in [5.74, 6) is 0.837. The van der Waals surface area contributed by atoms with Gasteiger partial charge in [-0.1, -0.05) is 54.6 Å². The van der Waals surface area contributed by atoms with Gasteiger partial charge in [0.15, 0.2) is 0 Å². The molecule has 0 spiro atoms. The fraction of sp³-hybridized carbons (Fsp3) is 0.235. The van der Waals surface area contributed by atoms with Gasteiger partial charge in [-0.3, -0.25) is 0 Å². The zero-order valence-corrected chi connectivity index (χ0v) is 12.1. The molecule has 2 nitrogen and oxygen atoms in total. The Balaban J connectivity index is 1.79. The number of nitriles is 1. The van der Waals surface area contributed by atoms with Crippen molar-refractivity contribution in [2.75, 3.05) is 12.4 Å². The van der Waals surface area contributed by atoms with Crippen molar-refractivity contribution >= 4 is 11.8 Å². The third kappa shape index (κ3) is 4.73. The summed E-state index contributed by atoms with van der Waals surface area (Å²) in [6.45, 7) is 1.33. The molecule has 2 aromatic rings. The van der Waals surface area contributed by atoms with Crippen molar-refractivity contribution < 1.29 is 4.74 Å². The molecule has 2 aromatic carbocycles. The average molecular weight is 283 g/mol. The molecule has 0 atom stereocenters. The molecular weight excluding hydrogens is 266 g/mol. The maximum atomic E-state index is 8.39. The van der Waals surface area contributed by atoms with Gasteiger partial charge in [0.25, 0.3) is 0 Å². The number of hydrogen-bond donors (Lipinski definition) is 0. The molecule has 0 saturated heterocycles. The lowest BCUT2D eigenvalue weighted by atomic mass is 10.0. The van der Waals surface area contributed by atoms with Crippen molar-refractivity contribution in [3.05, 3.63) is 60.2 Å². The van der Waals surface area contributed by atoms with Gasteiger partial charge in [-0.15, -0.1) is 0 Å². The molecule has 0 radical (unpaired) electrons.